The third-order valence-electron chi connectivity index (χ3n) is 3.37. The van der Waals surface area contributed by atoms with Gasteiger partial charge < -0.3 is 9.64 Å². The third-order valence-corrected chi connectivity index (χ3v) is 3.65. The van der Waals surface area contributed by atoms with Crippen LogP contribution >= 0.6 is 11.6 Å². The molecule has 0 unspecified atom stereocenters. The van der Waals surface area contributed by atoms with Crippen LogP contribution < -0.4 is 4.74 Å². The van der Waals surface area contributed by atoms with Gasteiger partial charge >= 0.3 is 0 Å². The summed E-state index contributed by atoms with van der Waals surface area (Å²) in [6, 6.07) is 5.31. The van der Waals surface area contributed by atoms with Crippen molar-refractivity contribution in [1.82, 2.24) is 9.88 Å². The van der Waals surface area contributed by atoms with Crippen LogP contribution in [0.4, 0.5) is 0 Å². The largest absolute Gasteiger partial charge is 0.494 e. The highest BCUT2D eigenvalue weighted by molar-refractivity contribution is 6.34. The molecule has 1 aromatic heterocycles. The smallest absolute Gasteiger partial charge is 0.256 e. The number of methoxy groups -OCH3 is 1. The van der Waals surface area contributed by atoms with Crippen LogP contribution in [0.1, 0.15) is 16.8 Å². The van der Waals surface area contributed by atoms with Crippen molar-refractivity contribution in [3.05, 3.63) is 35.0 Å². The Balaban J connectivity index is 2.22. The number of hydrogen-bond donors (Lipinski definition) is 0. The van der Waals surface area contributed by atoms with Crippen molar-refractivity contribution in [2.24, 2.45) is 0 Å². The first-order valence-corrected chi connectivity index (χ1v) is 6.50. The monoisotopic (exact) mass is 276 g/mol. The van der Waals surface area contributed by atoms with Crippen molar-refractivity contribution in [2.45, 2.75) is 6.42 Å². The fraction of sp³-hybridized carbons (Fsp3) is 0.286. The zero-order valence-corrected chi connectivity index (χ0v) is 11.3. The predicted octanol–water partition coefficient (Wildman–Crippen LogP) is 2.74. The highest BCUT2D eigenvalue weighted by Crippen LogP contribution is 2.35. The average molecular weight is 277 g/mol. The molecular formula is C14H13ClN2O2. The molecule has 0 N–H and O–H groups in total. The first-order chi connectivity index (χ1) is 9.22. The summed E-state index contributed by atoms with van der Waals surface area (Å²) in [5, 5.41) is 1.20. The van der Waals surface area contributed by atoms with E-state index in [1.165, 1.54) is 0 Å². The van der Waals surface area contributed by atoms with E-state index in [2.05, 4.69) is 4.98 Å². The second-order valence-corrected chi connectivity index (χ2v) is 4.89. The van der Waals surface area contributed by atoms with Gasteiger partial charge in [0.1, 0.15) is 5.75 Å². The predicted molar refractivity (Wildman–Crippen MR) is 73.8 cm³/mol. The van der Waals surface area contributed by atoms with E-state index >= 15 is 0 Å². The molecule has 0 saturated carbocycles. The molecule has 1 fully saturated rings. The van der Waals surface area contributed by atoms with Crippen molar-refractivity contribution in [3.8, 4) is 5.75 Å². The maximum absolute atomic E-state index is 12.4. The number of nitrogens with zero attached hydrogens (tertiary/aromatic N) is 2. The minimum Gasteiger partial charge on any atom is -0.494 e. The molecule has 1 saturated heterocycles. The number of aromatic nitrogens is 1. The van der Waals surface area contributed by atoms with Gasteiger partial charge in [-0.05, 0) is 24.6 Å². The summed E-state index contributed by atoms with van der Waals surface area (Å²) in [7, 11) is 1.56. The van der Waals surface area contributed by atoms with Crippen LogP contribution in [0, 0.1) is 0 Å². The van der Waals surface area contributed by atoms with Crippen LogP contribution in [0.15, 0.2) is 24.4 Å². The molecule has 4 nitrogen and oxygen atoms in total. The van der Waals surface area contributed by atoms with Gasteiger partial charge in [0.2, 0.25) is 0 Å². The highest BCUT2D eigenvalue weighted by Gasteiger charge is 2.25. The molecule has 2 aromatic rings. The van der Waals surface area contributed by atoms with Gasteiger partial charge in [0.25, 0.3) is 5.91 Å². The van der Waals surface area contributed by atoms with Gasteiger partial charge in [0.05, 0.1) is 23.2 Å². The SMILES string of the molecule is COc1c(Cl)cc(C(=O)N2CCC2)c2ncccc12. The molecule has 19 heavy (non-hydrogen) atoms. The minimum absolute atomic E-state index is 0.0143. The first-order valence-electron chi connectivity index (χ1n) is 6.13. The topological polar surface area (TPSA) is 42.4 Å². The lowest BCUT2D eigenvalue weighted by Crippen LogP contribution is -2.42. The van der Waals surface area contributed by atoms with Gasteiger partial charge in [-0.1, -0.05) is 11.6 Å². The molecule has 0 aliphatic carbocycles. The number of hydrogen-bond acceptors (Lipinski definition) is 3. The lowest BCUT2D eigenvalue weighted by molar-refractivity contribution is 0.0653. The van der Waals surface area contributed by atoms with Crippen LogP contribution in [0.3, 0.4) is 0 Å². The Bertz CT molecular complexity index is 653. The van der Waals surface area contributed by atoms with Crippen LogP contribution in [0.2, 0.25) is 5.02 Å². The molecule has 1 aliphatic heterocycles. The van der Waals surface area contributed by atoms with Crippen LogP contribution in [-0.2, 0) is 0 Å². The van der Waals surface area contributed by atoms with Crippen LogP contribution in [0.25, 0.3) is 10.9 Å². The second-order valence-electron chi connectivity index (χ2n) is 4.48. The number of rotatable bonds is 2. The quantitative estimate of drug-likeness (QED) is 0.847. The van der Waals surface area contributed by atoms with E-state index in [-0.39, 0.29) is 5.91 Å². The molecule has 5 heteroatoms. The summed E-state index contributed by atoms with van der Waals surface area (Å²) in [6.45, 7) is 1.60. The molecular weight excluding hydrogens is 264 g/mol. The van der Waals surface area contributed by atoms with Gasteiger partial charge in [-0.3, -0.25) is 9.78 Å². The lowest BCUT2D eigenvalue weighted by atomic mass is 10.1. The van der Waals surface area contributed by atoms with Gasteiger partial charge in [-0.25, -0.2) is 0 Å². The number of pyridine rings is 1. The van der Waals surface area contributed by atoms with Crippen LogP contribution in [0.5, 0.6) is 5.75 Å². The molecule has 1 amide bonds. The lowest BCUT2D eigenvalue weighted by Gasteiger charge is -2.31. The number of carbonyl (C=O) groups is 1. The Hall–Kier alpha value is -1.81. The Labute approximate surface area is 115 Å². The molecule has 0 atom stereocenters. The second kappa shape index (κ2) is 4.70. The fourth-order valence-corrected chi connectivity index (χ4v) is 2.54. The summed E-state index contributed by atoms with van der Waals surface area (Å²) in [5.41, 5.74) is 1.18. The maximum atomic E-state index is 12.4. The van der Waals surface area contributed by atoms with E-state index in [1.54, 1.807) is 30.3 Å². The molecule has 1 aliphatic rings. The first kappa shape index (κ1) is 12.2. The molecule has 1 aromatic carbocycles. The fourth-order valence-electron chi connectivity index (χ4n) is 2.25. The summed E-state index contributed by atoms with van der Waals surface area (Å²) in [6.07, 6.45) is 2.73. The number of benzene rings is 1. The maximum Gasteiger partial charge on any atom is 0.256 e. The van der Waals surface area contributed by atoms with Gasteiger partial charge in [-0.2, -0.15) is 0 Å². The average Bonchev–Trinajstić information content (AvgIpc) is 2.35. The number of amides is 1. The van der Waals surface area contributed by atoms with E-state index in [0.29, 0.717) is 21.9 Å². The van der Waals surface area contributed by atoms with E-state index in [1.807, 2.05) is 6.07 Å². The summed E-state index contributed by atoms with van der Waals surface area (Å²) >= 11 is 6.19. The van der Waals surface area contributed by atoms with E-state index in [4.69, 9.17) is 16.3 Å². The number of fused-ring (bicyclic) bond motifs is 1. The van der Waals surface area contributed by atoms with Crippen molar-refractivity contribution in [3.63, 3.8) is 0 Å². The third kappa shape index (κ3) is 1.92. The minimum atomic E-state index is -0.0143. The molecule has 0 radical (unpaired) electrons. The molecule has 98 valence electrons. The van der Waals surface area contributed by atoms with Gasteiger partial charge in [0, 0.05) is 24.7 Å². The Kier molecular flexibility index (Phi) is 3.03. The van der Waals surface area contributed by atoms with E-state index < -0.39 is 0 Å². The van der Waals surface area contributed by atoms with Gasteiger partial charge in [0.15, 0.2) is 0 Å². The zero-order valence-electron chi connectivity index (χ0n) is 10.5. The molecule has 2 heterocycles. The van der Waals surface area contributed by atoms with Gasteiger partial charge in [-0.15, -0.1) is 0 Å². The van der Waals surface area contributed by atoms with E-state index in [9.17, 15) is 4.79 Å². The molecule has 3 rings (SSSR count). The van der Waals surface area contributed by atoms with Crippen LogP contribution in [-0.4, -0.2) is 36.0 Å². The number of likely N-dealkylation sites (tertiary alicyclic amines) is 1. The zero-order chi connectivity index (χ0) is 13.4. The Morgan fingerprint density at radius 2 is 2.26 bits per heavy atom. The Morgan fingerprint density at radius 3 is 2.89 bits per heavy atom. The van der Waals surface area contributed by atoms with Crippen molar-refractivity contribution >= 4 is 28.4 Å². The normalized spacial score (nSPS) is 14.3. The van der Waals surface area contributed by atoms with E-state index in [0.717, 1.165) is 24.9 Å². The van der Waals surface area contributed by atoms with Crippen molar-refractivity contribution in [1.29, 1.82) is 0 Å². The highest BCUT2D eigenvalue weighted by atomic mass is 35.5. The van der Waals surface area contributed by atoms with Crippen molar-refractivity contribution in [2.75, 3.05) is 20.2 Å². The molecule has 0 spiro atoms. The van der Waals surface area contributed by atoms with Crippen molar-refractivity contribution < 1.29 is 9.53 Å². The number of halogens is 1. The summed E-state index contributed by atoms with van der Waals surface area (Å²) < 4.78 is 5.30. The summed E-state index contributed by atoms with van der Waals surface area (Å²) in [5.74, 6) is 0.546. The number of ether oxygens (including phenoxy) is 1. The summed E-state index contributed by atoms with van der Waals surface area (Å²) in [4.78, 5) is 18.5. The molecule has 0 bridgehead atoms. The Morgan fingerprint density at radius 1 is 1.47 bits per heavy atom. The standard InChI is InChI=1S/C14H13ClN2O2/c1-19-13-9-4-2-5-16-12(9)10(8-11(13)15)14(18)17-6-3-7-17/h2,4-5,8H,3,6-7H2,1H3. The number of carbonyl (C=O) groups excluding carboxylic acids is 1.